The lowest BCUT2D eigenvalue weighted by Crippen LogP contribution is -2.11. The van der Waals surface area contributed by atoms with Crippen LogP contribution in [0, 0.1) is 18.3 Å². The fourth-order valence-corrected chi connectivity index (χ4v) is 1.70. The van der Waals surface area contributed by atoms with Gasteiger partial charge in [0.15, 0.2) is 0 Å². The van der Waals surface area contributed by atoms with E-state index in [4.69, 9.17) is 10.00 Å². The molecular weight excluding hydrogens is 218 g/mol. The molecule has 0 unspecified atom stereocenters. The van der Waals surface area contributed by atoms with Gasteiger partial charge in [-0.05, 0) is 36.6 Å². The van der Waals surface area contributed by atoms with Gasteiger partial charge in [0.05, 0.1) is 31.3 Å². The summed E-state index contributed by atoms with van der Waals surface area (Å²) in [6, 6.07) is 5.43. The molecule has 0 atom stereocenters. The minimum absolute atomic E-state index is 0.0884. The van der Waals surface area contributed by atoms with E-state index in [1.54, 1.807) is 19.1 Å². The van der Waals surface area contributed by atoms with E-state index in [0.717, 1.165) is 5.56 Å². The van der Waals surface area contributed by atoms with Crippen LogP contribution in [-0.2, 0) is 22.6 Å². The van der Waals surface area contributed by atoms with Gasteiger partial charge in [-0.25, -0.2) is 0 Å². The molecule has 0 saturated carbocycles. The molecule has 0 aromatic heterocycles. The zero-order chi connectivity index (χ0) is 12.8. The highest BCUT2D eigenvalue weighted by Crippen LogP contribution is 2.20. The van der Waals surface area contributed by atoms with Gasteiger partial charge >= 0.3 is 5.97 Å². The highest BCUT2D eigenvalue weighted by molar-refractivity contribution is 5.74. The molecule has 0 aliphatic heterocycles. The Labute approximate surface area is 100 Å². The van der Waals surface area contributed by atoms with Crippen molar-refractivity contribution in [2.75, 3.05) is 6.61 Å². The number of nitriles is 1. The second-order valence-corrected chi connectivity index (χ2v) is 3.64. The Morgan fingerprint density at radius 3 is 2.71 bits per heavy atom. The molecule has 0 aliphatic carbocycles. The average molecular weight is 233 g/mol. The first-order chi connectivity index (χ1) is 8.13. The van der Waals surface area contributed by atoms with Crippen LogP contribution in [0.3, 0.4) is 0 Å². The summed E-state index contributed by atoms with van der Waals surface area (Å²) in [5.74, 6) is -0.347. The Hall–Kier alpha value is -1.86. The van der Waals surface area contributed by atoms with Crippen LogP contribution in [0.15, 0.2) is 12.1 Å². The van der Waals surface area contributed by atoms with Gasteiger partial charge in [-0.1, -0.05) is 6.07 Å². The molecule has 0 saturated heterocycles. The minimum Gasteiger partial charge on any atom is -0.466 e. The topological polar surface area (TPSA) is 70.3 Å². The van der Waals surface area contributed by atoms with Crippen molar-refractivity contribution in [1.29, 1.82) is 5.26 Å². The average Bonchev–Trinajstić information content (AvgIpc) is 2.31. The predicted molar refractivity (Wildman–Crippen MR) is 62.2 cm³/mol. The SMILES string of the molecule is CCOC(=O)Cc1c(C)ccc(C#N)c1CO. The van der Waals surface area contributed by atoms with E-state index < -0.39 is 0 Å². The second kappa shape index (κ2) is 6.02. The maximum Gasteiger partial charge on any atom is 0.310 e. The van der Waals surface area contributed by atoms with E-state index >= 15 is 0 Å². The van der Waals surface area contributed by atoms with Gasteiger partial charge < -0.3 is 9.84 Å². The van der Waals surface area contributed by atoms with Crippen LogP contribution >= 0.6 is 0 Å². The van der Waals surface area contributed by atoms with Gasteiger partial charge in [-0.15, -0.1) is 0 Å². The number of aliphatic hydroxyl groups excluding tert-OH is 1. The van der Waals surface area contributed by atoms with E-state index in [2.05, 4.69) is 0 Å². The maximum atomic E-state index is 11.4. The van der Waals surface area contributed by atoms with Gasteiger partial charge in [-0.2, -0.15) is 5.26 Å². The van der Waals surface area contributed by atoms with E-state index in [9.17, 15) is 9.90 Å². The summed E-state index contributed by atoms with van der Waals surface area (Å²) >= 11 is 0. The third kappa shape index (κ3) is 3.05. The van der Waals surface area contributed by atoms with Crippen LogP contribution in [0.25, 0.3) is 0 Å². The van der Waals surface area contributed by atoms with Crippen molar-refractivity contribution in [2.24, 2.45) is 0 Å². The number of nitrogens with zero attached hydrogens (tertiary/aromatic N) is 1. The van der Waals surface area contributed by atoms with Gasteiger partial charge in [0.25, 0.3) is 0 Å². The summed E-state index contributed by atoms with van der Waals surface area (Å²) in [7, 11) is 0. The van der Waals surface area contributed by atoms with E-state index in [1.807, 2.05) is 13.0 Å². The first-order valence-electron chi connectivity index (χ1n) is 5.42. The molecule has 0 bridgehead atoms. The molecule has 4 nitrogen and oxygen atoms in total. The van der Waals surface area contributed by atoms with Gasteiger partial charge in [-0.3, -0.25) is 4.79 Å². The fourth-order valence-electron chi connectivity index (χ4n) is 1.70. The number of benzene rings is 1. The summed E-state index contributed by atoms with van der Waals surface area (Å²) in [6.45, 7) is 3.65. The molecule has 1 rings (SSSR count). The molecule has 4 heteroatoms. The lowest BCUT2D eigenvalue weighted by Gasteiger charge is -2.12. The van der Waals surface area contributed by atoms with Crippen LogP contribution in [0.5, 0.6) is 0 Å². The number of hydrogen-bond acceptors (Lipinski definition) is 4. The molecule has 17 heavy (non-hydrogen) atoms. The zero-order valence-electron chi connectivity index (χ0n) is 9.99. The highest BCUT2D eigenvalue weighted by Gasteiger charge is 2.14. The van der Waals surface area contributed by atoms with Crippen molar-refractivity contribution >= 4 is 5.97 Å². The van der Waals surface area contributed by atoms with Crippen LogP contribution < -0.4 is 0 Å². The molecule has 0 amide bonds. The third-order valence-electron chi connectivity index (χ3n) is 2.57. The monoisotopic (exact) mass is 233 g/mol. The molecule has 1 aromatic rings. The molecule has 0 heterocycles. The highest BCUT2D eigenvalue weighted by atomic mass is 16.5. The van der Waals surface area contributed by atoms with Crippen LogP contribution in [0.1, 0.15) is 29.2 Å². The van der Waals surface area contributed by atoms with Gasteiger partial charge in [0.2, 0.25) is 0 Å². The number of carbonyl (C=O) groups is 1. The number of hydrogen-bond donors (Lipinski definition) is 1. The van der Waals surface area contributed by atoms with Crippen LogP contribution in [0.4, 0.5) is 0 Å². The molecule has 1 aromatic carbocycles. The molecular formula is C13H15NO3. The van der Waals surface area contributed by atoms with Crippen molar-refractivity contribution in [2.45, 2.75) is 26.9 Å². The van der Waals surface area contributed by atoms with E-state index in [1.165, 1.54) is 0 Å². The largest absolute Gasteiger partial charge is 0.466 e. The van der Waals surface area contributed by atoms with Crippen molar-refractivity contribution < 1.29 is 14.6 Å². The summed E-state index contributed by atoms with van der Waals surface area (Å²) in [4.78, 5) is 11.4. The third-order valence-corrected chi connectivity index (χ3v) is 2.57. The smallest absolute Gasteiger partial charge is 0.310 e. The van der Waals surface area contributed by atoms with Gasteiger partial charge in [0, 0.05) is 0 Å². The lowest BCUT2D eigenvalue weighted by atomic mass is 9.95. The number of aliphatic hydroxyl groups is 1. The molecule has 0 radical (unpaired) electrons. The number of carbonyl (C=O) groups excluding carboxylic acids is 1. The molecule has 90 valence electrons. The molecule has 0 fully saturated rings. The van der Waals surface area contributed by atoms with Crippen molar-refractivity contribution in [1.82, 2.24) is 0 Å². The Bertz CT molecular complexity index is 460. The number of aryl methyl sites for hydroxylation is 1. The van der Waals surface area contributed by atoms with Crippen molar-refractivity contribution in [3.05, 3.63) is 34.4 Å². The standard InChI is InChI=1S/C13H15NO3/c1-3-17-13(16)6-11-9(2)4-5-10(7-14)12(11)8-15/h4-5,15H,3,6,8H2,1-2H3. The maximum absolute atomic E-state index is 11.4. The summed E-state index contributed by atoms with van der Waals surface area (Å²) in [5.41, 5.74) is 2.48. The Morgan fingerprint density at radius 2 is 2.18 bits per heavy atom. The summed E-state index contributed by atoms with van der Waals surface area (Å²) in [5, 5.41) is 18.2. The Balaban J connectivity index is 3.13. The van der Waals surface area contributed by atoms with Crippen LogP contribution in [-0.4, -0.2) is 17.7 Å². The van der Waals surface area contributed by atoms with Gasteiger partial charge in [0.1, 0.15) is 0 Å². The second-order valence-electron chi connectivity index (χ2n) is 3.64. The molecule has 0 spiro atoms. The van der Waals surface area contributed by atoms with E-state index in [-0.39, 0.29) is 19.0 Å². The van der Waals surface area contributed by atoms with E-state index in [0.29, 0.717) is 23.3 Å². The molecule has 1 N–H and O–H groups in total. The van der Waals surface area contributed by atoms with Crippen molar-refractivity contribution in [3.63, 3.8) is 0 Å². The number of esters is 1. The molecule has 0 aliphatic rings. The minimum atomic E-state index is -0.347. The lowest BCUT2D eigenvalue weighted by molar-refractivity contribution is -0.142. The van der Waals surface area contributed by atoms with Crippen LogP contribution in [0.2, 0.25) is 0 Å². The normalized spacial score (nSPS) is 9.76. The number of rotatable bonds is 4. The first kappa shape index (κ1) is 13.2. The Morgan fingerprint density at radius 1 is 1.47 bits per heavy atom. The first-order valence-corrected chi connectivity index (χ1v) is 5.42. The Kier molecular flexibility index (Phi) is 4.68. The quantitative estimate of drug-likeness (QED) is 0.799. The fraction of sp³-hybridized carbons (Fsp3) is 0.385. The predicted octanol–water partition coefficient (Wildman–Crippen LogP) is 1.46. The number of ether oxygens (including phenoxy) is 1. The zero-order valence-corrected chi connectivity index (χ0v) is 9.99. The summed E-state index contributed by atoms with van der Waals surface area (Å²) in [6.07, 6.45) is 0.0884. The van der Waals surface area contributed by atoms with Crippen molar-refractivity contribution in [3.8, 4) is 6.07 Å². The summed E-state index contributed by atoms with van der Waals surface area (Å²) < 4.78 is 4.87.